The van der Waals surface area contributed by atoms with Gasteiger partial charge in [-0.3, -0.25) is 0 Å². The highest BCUT2D eigenvalue weighted by atomic mass is 32.1. The standard InChI is InChI=1S/C13H13N3O4S/c1-7-6-21-11(15-7)5-14-13(20)16-8-2-3-9(12(18)19)10(17)4-8/h2-4,6,17H,5H2,1H3,(H,18,19)(H2,14,16,20). The number of benzene rings is 1. The molecule has 0 fully saturated rings. The number of aromatic carboxylic acids is 1. The maximum absolute atomic E-state index is 11.7. The SMILES string of the molecule is Cc1csc(CNC(=O)Nc2ccc(C(=O)O)c(O)c2)n1. The van der Waals surface area contributed by atoms with Crippen LogP contribution in [0.5, 0.6) is 5.75 Å². The average molecular weight is 307 g/mol. The van der Waals surface area contributed by atoms with Crippen molar-refractivity contribution in [1.29, 1.82) is 0 Å². The van der Waals surface area contributed by atoms with Crippen LogP contribution in [0, 0.1) is 6.92 Å². The minimum absolute atomic E-state index is 0.223. The maximum Gasteiger partial charge on any atom is 0.339 e. The Morgan fingerprint density at radius 2 is 2.14 bits per heavy atom. The zero-order chi connectivity index (χ0) is 15.4. The summed E-state index contributed by atoms with van der Waals surface area (Å²) in [6, 6.07) is 3.33. The molecule has 2 aromatic rings. The number of nitrogens with zero attached hydrogens (tertiary/aromatic N) is 1. The van der Waals surface area contributed by atoms with Crippen molar-refractivity contribution < 1.29 is 19.8 Å². The van der Waals surface area contributed by atoms with E-state index in [0.717, 1.165) is 10.7 Å². The van der Waals surface area contributed by atoms with Crippen molar-refractivity contribution in [3.8, 4) is 5.75 Å². The number of hydrogen-bond acceptors (Lipinski definition) is 5. The molecule has 7 nitrogen and oxygen atoms in total. The molecule has 2 amide bonds. The molecule has 0 aliphatic carbocycles. The van der Waals surface area contributed by atoms with Crippen molar-refractivity contribution in [2.24, 2.45) is 0 Å². The number of phenols is 1. The van der Waals surface area contributed by atoms with Gasteiger partial charge in [-0.25, -0.2) is 14.6 Å². The molecular formula is C13H13N3O4S. The summed E-state index contributed by atoms with van der Waals surface area (Å²) in [6.45, 7) is 2.16. The molecule has 0 aliphatic heterocycles. The Morgan fingerprint density at radius 1 is 1.38 bits per heavy atom. The van der Waals surface area contributed by atoms with Crippen LogP contribution in [-0.2, 0) is 6.54 Å². The fourth-order valence-electron chi connectivity index (χ4n) is 1.61. The third-order valence-electron chi connectivity index (χ3n) is 2.55. The Morgan fingerprint density at radius 3 is 2.71 bits per heavy atom. The summed E-state index contributed by atoms with van der Waals surface area (Å²) in [4.78, 5) is 26.6. The van der Waals surface area contributed by atoms with E-state index in [0.29, 0.717) is 12.2 Å². The molecule has 2 rings (SSSR count). The van der Waals surface area contributed by atoms with Gasteiger partial charge in [0.2, 0.25) is 0 Å². The molecule has 8 heteroatoms. The molecule has 21 heavy (non-hydrogen) atoms. The number of carbonyl (C=O) groups is 2. The smallest absolute Gasteiger partial charge is 0.339 e. The van der Waals surface area contributed by atoms with Gasteiger partial charge in [-0.2, -0.15) is 0 Å². The molecule has 0 bridgehead atoms. The number of carboxylic acids is 1. The summed E-state index contributed by atoms with van der Waals surface area (Å²) < 4.78 is 0. The number of nitrogens with one attached hydrogen (secondary N) is 2. The van der Waals surface area contributed by atoms with Gasteiger partial charge in [0.15, 0.2) is 0 Å². The van der Waals surface area contributed by atoms with Gasteiger partial charge in [-0.15, -0.1) is 11.3 Å². The number of aromatic hydroxyl groups is 1. The molecule has 0 unspecified atom stereocenters. The summed E-state index contributed by atoms with van der Waals surface area (Å²) in [5.41, 5.74) is 0.968. The molecule has 0 spiro atoms. The third kappa shape index (κ3) is 3.93. The van der Waals surface area contributed by atoms with Crippen LogP contribution < -0.4 is 10.6 Å². The topological polar surface area (TPSA) is 112 Å². The molecule has 1 aromatic heterocycles. The van der Waals surface area contributed by atoms with Crippen LogP contribution >= 0.6 is 11.3 Å². The predicted octanol–water partition coefficient (Wildman–Crippen LogP) is 2.18. The van der Waals surface area contributed by atoms with Crippen molar-refractivity contribution >= 4 is 29.0 Å². The molecular weight excluding hydrogens is 294 g/mol. The van der Waals surface area contributed by atoms with Gasteiger partial charge in [0.25, 0.3) is 0 Å². The summed E-state index contributed by atoms with van der Waals surface area (Å²) in [5.74, 6) is -1.64. The number of thiazole rings is 1. The highest BCUT2D eigenvalue weighted by Crippen LogP contribution is 2.21. The first-order valence-corrected chi connectivity index (χ1v) is 6.86. The molecule has 0 radical (unpaired) electrons. The van der Waals surface area contributed by atoms with E-state index < -0.39 is 17.7 Å². The van der Waals surface area contributed by atoms with Crippen LogP contribution in [0.3, 0.4) is 0 Å². The maximum atomic E-state index is 11.7. The Kier molecular flexibility index (Phi) is 4.39. The fourth-order valence-corrected chi connectivity index (χ4v) is 2.32. The van der Waals surface area contributed by atoms with Gasteiger partial charge >= 0.3 is 12.0 Å². The highest BCUT2D eigenvalue weighted by molar-refractivity contribution is 7.09. The minimum atomic E-state index is -1.23. The van der Waals surface area contributed by atoms with Crippen molar-refractivity contribution in [2.75, 3.05) is 5.32 Å². The first-order valence-electron chi connectivity index (χ1n) is 5.98. The van der Waals surface area contributed by atoms with Gasteiger partial charge < -0.3 is 20.8 Å². The normalized spacial score (nSPS) is 10.1. The lowest BCUT2D eigenvalue weighted by molar-refractivity contribution is 0.0694. The number of aryl methyl sites for hydroxylation is 1. The largest absolute Gasteiger partial charge is 0.507 e. The van der Waals surface area contributed by atoms with Crippen molar-refractivity contribution in [3.05, 3.63) is 39.8 Å². The number of carbonyl (C=O) groups excluding carboxylic acids is 1. The predicted molar refractivity (Wildman–Crippen MR) is 77.8 cm³/mol. The molecule has 0 saturated heterocycles. The average Bonchev–Trinajstić information content (AvgIpc) is 2.82. The second kappa shape index (κ2) is 6.23. The first kappa shape index (κ1) is 14.8. The summed E-state index contributed by atoms with van der Waals surface area (Å²) in [6.07, 6.45) is 0. The van der Waals surface area contributed by atoms with Gasteiger partial charge in [-0.1, -0.05) is 0 Å². The van der Waals surface area contributed by atoms with E-state index in [2.05, 4.69) is 15.6 Å². The van der Waals surface area contributed by atoms with Crippen molar-refractivity contribution in [1.82, 2.24) is 10.3 Å². The van der Waals surface area contributed by atoms with E-state index in [9.17, 15) is 14.7 Å². The molecule has 1 aromatic carbocycles. The number of carboxylic acid groups (broad SMARTS) is 1. The van der Waals surface area contributed by atoms with E-state index in [1.807, 2.05) is 12.3 Å². The van der Waals surface area contributed by atoms with Gasteiger partial charge in [-0.05, 0) is 19.1 Å². The van der Waals surface area contributed by atoms with Gasteiger partial charge in [0, 0.05) is 22.8 Å². The van der Waals surface area contributed by atoms with Crippen LogP contribution in [0.1, 0.15) is 21.1 Å². The van der Waals surface area contributed by atoms with Crippen LogP contribution in [0.2, 0.25) is 0 Å². The Hall–Kier alpha value is -2.61. The number of anilines is 1. The molecule has 1 heterocycles. The minimum Gasteiger partial charge on any atom is -0.507 e. The van der Waals surface area contributed by atoms with Crippen molar-refractivity contribution in [2.45, 2.75) is 13.5 Å². The number of urea groups is 1. The number of amides is 2. The summed E-state index contributed by atoms with van der Waals surface area (Å²) in [7, 11) is 0. The van der Waals surface area contributed by atoms with Gasteiger partial charge in [0.05, 0.1) is 6.54 Å². The Bertz CT molecular complexity index is 684. The quantitative estimate of drug-likeness (QED) is 0.691. The zero-order valence-electron chi connectivity index (χ0n) is 11.1. The van der Waals surface area contributed by atoms with Crippen LogP contribution in [0.15, 0.2) is 23.6 Å². The van der Waals surface area contributed by atoms with Gasteiger partial charge in [0.1, 0.15) is 16.3 Å². The van der Waals surface area contributed by atoms with Crippen LogP contribution in [-0.4, -0.2) is 27.2 Å². The van der Waals surface area contributed by atoms with Crippen LogP contribution in [0.25, 0.3) is 0 Å². The number of hydrogen-bond donors (Lipinski definition) is 4. The molecule has 0 atom stereocenters. The first-order chi connectivity index (χ1) is 9.95. The third-order valence-corrected chi connectivity index (χ3v) is 3.52. The Balaban J connectivity index is 1.93. The number of rotatable bonds is 4. The molecule has 110 valence electrons. The monoisotopic (exact) mass is 307 g/mol. The Labute approximate surface area is 124 Å². The summed E-state index contributed by atoms with van der Waals surface area (Å²) >= 11 is 1.45. The van der Waals surface area contributed by atoms with E-state index >= 15 is 0 Å². The van der Waals surface area contributed by atoms with Crippen LogP contribution in [0.4, 0.5) is 10.5 Å². The lowest BCUT2D eigenvalue weighted by Crippen LogP contribution is -2.28. The van der Waals surface area contributed by atoms with E-state index in [1.54, 1.807) is 0 Å². The molecule has 0 aliphatic rings. The second-order valence-electron chi connectivity index (χ2n) is 4.23. The fraction of sp³-hybridized carbons (Fsp3) is 0.154. The zero-order valence-corrected chi connectivity index (χ0v) is 11.9. The lowest BCUT2D eigenvalue weighted by Gasteiger charge is -2.07. The highest BCUT2D eigenvalue weighted by Gasteiger charge is 2.11. The lowest BCUT2D eigenvalue weighted by atomic mass is 10.2. The molecule has 0 saturated carbocycles. The van der Waals surface area contributed by atoms with E-state index in [-0.39, 0.29) is 5.56 Å². The molecule has 4 N–H and O–H groups in total. The van der Waals surface area contributed by atoms with E-state index in [1.165, 1.54) is 29.5 Å². The second-order valence-corrected chi connectivity index (χ2v) is 5.17. The summed E-state index contributed by atoms with van der Waals surface area (Å²) in [5, 5.41) is 26.1. The van der Waals surface area contributed by atoms with Crippen molar-refractivity contribution in [3.63, 3.8) is 0 Å². The number of aromatic nitrogens is 1. The van der Waals surface area contributed by atoms with E-state index in [4.69, 9.17) is 5.11 Å².